The quantitative estimate of drug-likeness (QED) is 0.466. The molecule has 2 heterocycles. The number of ether oxygens (including phenoxy) is 1. The summed E-state index contributed by atoms with van der Waals surface area (Å²) in [6, 6.07) is 8.86. The van der Waals surface area contributed by atoms with E-state index in [2.05, 4.69) is 4.98 Å². The molecule has 1 aliphatic rings. The number of amides is 1. The second kappa shape index (κ2) is 7.94. The third-order valence-electron chi connectivity index (χ3n) is 4.63. The van der Waals surface area contributed by atoms with Gasteiger partial charge in [0.25, 0.3) is 11.6 Å². The van der Waals surface area contributed by atoms with Crippen LogP contribution in [0.25, 0.3) is 11.1 Å². The molecule has 1 fully saturated rings. The molecule has 2 aromatic rings. The van der Waals surface area contributed by atoms with Crippen molar-refractivity contribution in [3.63, 3.8) is 0 Å². The number of hydrogen-bond acceptors (Lipinski definition) is 6. The standard InChI is InChI=1S/C19H19N3O5/c1-27-19(24)17-4-2-3-11-21(17)18(23)16-10-7-14(12-20-16)13-5-8-15(9-6-13)22(25)26/h5-10,12,17H,2-4,11H2,1H3/t17-/m1/s1. The summed E-state index contributed by atoms with van der Waals surface area (Å²) in [5, 5.41) is 10.7. The van der Waals surface area contributed by atoms with Crippen molar-refractivity contribution in [2.75, 3.05) is 13.7 Å². The molecule has 3 rings (SSSR count). The van der Waals surface area contributed by atoms with Crippen LogP contribution in [-0.2, 0) is 9.53 Å². The van der Waals surface area contributed by atoms with Crippen LogP contribution < -0.4 is 0 Å². The fraction of sp³-hybridized carbons (Fsp3) is 0.316. The van der Waals surface area contributed by atoms with E-state index in [-0.39, 0.29) is 17.3 Å². The molecule has 27 heavy (non-hydrogen) atoms. The number of esters is 1. The maximum atomic E-state index is 12.8. The molecule has 1 saturated heterocycles. The number of non-ortho nitro benzene ring substituents is 1. The Morgan fingerprint density at radius 2 is 1.85 bits per heavy atom. The van der Waals surface area contributed by atoms with Crippen molar-refractivity contribution in [3.05, 3.63) is 58.4 Å². The highest BCUT2D eigenvalue weighted by Gasteiger charge is 2.33. The van der Waals surface area contributed by atoms with Crippen molar-refractivity contribution in [2.45, 2.75) is 25.3 Å². The number of carbonyl (C=O) groups is 2. The first-order valence-electron chi connectivity index (χ1n) is 8.61. The number of nitrogens with zero attached hydrogens (tertiary/aromatic N) is 3. The maximum absolute atomic E-state index is 12.8. The first-order chi connectivity index (χ1) is 13.0. The topological polar surface area (TPSA) is 103 Å². The number of benzene rings is 1. The first-order valence-corrected chi connectivity index (χ1v) is 8.61. The zero-order chi connectivity index (χ0) is 19.4. The zero-order valence-electron chi connectivity index (χ0n) is 14.8. The Bertz CT molecular complexity index is 849. The monoisotopic (exact) mass is 369 g/mol. The highest BCUT2D eigenvalue weighted by atomic mass is 16.6. The number of piperidine rings is 1. The highest BCUT2D eigenvalue weighted by Crippen LogP contribution is 2.24. The number of hydrogen-bond donors (Lipinski definition) is 0. The Kier molecular flexibility index (Phi) is 5.44. The van der Waals surface area contributed by atoms with Crippen LogP contribution in [0.3, 0.4) is 0 Å². The number of likely N-dealkylation sites (tertiary alicyclic amines) is 1. The van der Waals surface area contributed by atoms with Crippen molar-refractivity contribution >= 4 is 17.6 Å². The Hall–Kier alpha value is -3.29. The van der Waals surface area contributed by atoms with Gasteiger partial charge in [-0.3, -0.25) is 19.9 Å². The predicted octanol–water partition coefficient (Wildman–Crippen LogP) is 2.82. The molecule has 0 radical (unpaired) electrons. The molecule has 0 saturated carbocycles. The summed E-state index contributed by atoms with van der Waals surface area (Å²) < 4.78 is 4.81. The van der Waals surface area contributed by atoms with Gasteiger partial charge in [-0.05, 0) is 43.0 Å². The van der Waals surface area contributed by atoms with E-state index in [1.54, 1.807) is 30.5 Å². The number of methoxy groups -OCH3 is 1. The van der Waals surface area contributed by atoms with Gasteiger partial charge in [0.2, 0.25) is 0 Å². The van der Waals surface area contributed by atoms with Crippen molar-refractivity contribution in [3.8, 4) is 11.1 Å². The molecule has 0 unspecified atom stereocenters. The van der Waals surface area contributed by atoms with E-state index in [1.807, 2.05) is 0 Å². The molecule has 0 N–H and O–H groups in total. The zero-order valence-corrected chi connectivity index (χ0v) is 14.8. The minimum absolute atomic E-state index is 0.0115. The molecule has 1 atom stereocenters. The summed E-state index contributed by atoms with van der Waals surface area (Å²) in [7, 11) is 1.32. The normalized spacial score (nSPS) is 16.6. The number of pyridine rings is 1. The van der Waals surface area contributed by atoms with Gasteiger partial charge in [0.15, 0.2) is 0 Å². The molecule has 1 aliphatic heterocycles. The lowest BCUT2D eigenvalue weighted by atomic mass is 10.0. The first kappa shape index (κ1) is 18.5. The SMILES string of the molecule is COC(=O)[C@H]1CCCCN1C(=O)c1ccc(-c2ccc([N+](=O)[O-])cc2)cn1. The third kappa shape index (κ3) is 3.94. The fourth-order valence-electron chi connectivity index (χ4n) is 3.17. The van der Waals surface area contributed by atoms with Gasteiger partial charge in [0.05, 0.1) is 12.0 Å². The van der Waals surface area contributed by atoms with Crippen molar-refractivity contribution in [2.24, 2.45) is 0 Å². The molecule has 0 spiro atoms. The average Bonchev–Trinajstić information content (AvgIpc) is 2.73. The van der Waals surface area contributed by atoms with Gasteiger partial charge in [-0.2, -0.15) is 0 Å². The lowest BCUT2D eigenvalue weighted by Crippen LogP contribution is -2.48. The number of rotatable bonds is 4. The molecule has 8 nitrogen and oxygen atoms in total. The van der Waals surface area contributed by atoms with Crippen LogP contribution in [0.2, 0.25) is 0 Å². The van der Waals surface area contributed by atoms with Gasteiger partial charge in [0, 0.05) is 30.4 Å². The smallest absolute Gasteiger partial charge is 0.328 e. The number of nitro groups is 1. The summed E-state index contributed by atoms with van der Waals surface area (Å²) in [5.41, 5.74) is 1.76. The molecule has 140 valence electrons. The minimum Gasteiger partial charge on any atom is -0.467 e. The van der Waals surface area contributed by atoms with Crippen molar-refractivity contribution < 1.29 is 19.2 Å². The van der Waals surface area contributed by atoms with Crippen LogP contribution in [0.4, 0.5) is 5.69 Å². The van der Waals surface area contributed by atoms with Crippen LogP contribution >= 0.6 is 0 Å². The second-order valence-electron chi connectivity index (χ2n) is 6.27. The van der Waals surface area contributed by atoms with Gasteiger partial charge in [-0.25, -0.2) is 4.79 Å². The molecule has 1 aromatic heterocycles. The van der Waals surface area contributed by atoms with Crippen LogP contribution in [0, 0.1) is 10.1 Å². The Balaban J connectivity index is 1.78. The summed E-state index contributed by atoms with van der Waals surface area (Å²) in [4.78, 5) is 40.7. The van der Waals surface area contributed by atoms with E-state index in [9.17, 15) is 19.7 Å². The maximum Gasteiger partial charge on any atom is 0.328 e. The van der Waals surface area contributed by atoms with E-state index in [1.165, 1.54) is 24.1 Å². The highest BCUT2D eigenvalue weighted by molar-refractivity contribution is 5.95. The lowest BCUT2D eigenvalue weighted by molar-refractivity contribution is -0.384. The molecule has 1 amide bonds. The molecule has 0 bridgehead atoms. The average molecular weight is 369 g/mol. The second-order valence-corrected chi connectivity index (χ2v) is 6.27. The van der Waals surface area contributed by atoms with Gasteiger partial charge in [-0.15, -0.1) is 0 Å². The molecule has 0 aliphatic carbocycles. The van der Waals surface area contributed by atoms with E-state index < -0.39 is 16.9 Å². The minimum atomic E-state index is -0.576. The molecule has 1 aromatic carbocycles. The van der Waals surface area contributed by atoms with Crippen LogP contribution in [-0.4, -0.2) is 46.4 Å². The molecular weight excluding hydrogens is 350 g/mol. The summed E-state index contributed by atoms with van der Waals surface area (Å²) in [5.74, 6) is -0.717. The van der Waals surface area contributed by atoms with Gasteiger partial charge in [-0.1, -0.05) is 6.07 Å². The van der Waals surface area contributed by atoms with E-state index in [0.29, 0.717) is 13.0 Å². The molecular formula is C19H19N3O5. The van der Waals surface area contributed by atoms with Crippen LogP contribution in [0.1, 0.15) is 29.8 Å². The summed E-state index contributed by atoms with van der Waals surface area (Å²) in [6.07, 6.45) is 3.83. The van der Waals surface area contributed by atoms with Crippen LogP contribution in [0.15, 0.2) is 42.6 Å². The van der Waals surface area contributed by atoms with Gasteiger partial charge in [0.1, 0.15) is 11.7 Å². The Labute approximate surface area is 155 Å². The Morgan fingerprint density at radius 3 is 2.44 bits per heavy atom. The van der Waals surface area contributed by atoms with E-state index in [0.717, 1.165) is 24.0 Å². The summed E-state index contributed by atoms with van der Waals surface area (Å²) >= 11 is 0. The van der Waals surface area contributed by atoms with Gasteiger partial charge < -0.3 is 9.64 Å². The van der Waals surface area contributed by atoms with E-state index >= 15 is 0 Å². The number of carbonyl (C=O) groups excluding carboxylic acids is 2. The largest absolute Gasteiger partial charge is 0.467 e. The van der Waals surface area contributed by atoms with Crippen molar-refractivity contribution in [1.29, 1.82) is 0 Å². The predicted molar refractivity (Wildman–Crippen MR) is 97.0 cm³/mol. The third-order valence-corrected chi connectivity index (χ3v) is 4.63. The summed E-state index contributed by atoms with van der Waals surface area (Å²) in [6.45, 7) is 0.490. The van der Waals surface area contributed by atoms with E-state index in [4.69, 9.17) is 4.74 Å². The number of nitro benzene ring substituents is 1. The number of aromatic nitrogens is 1. The fourth-order valence-corrected chi connectivity index (χ4v) is 3.17. The Morgan fingerprint density at radius 1 is 1.15 bits per heavy atom. The lowest BCUT2D eigenvalue weighted by Gasteiger charge is -2.33. The van der Waals surface area contributed by atoms with Gasteiger partial charge >= 0.3 is 5.97 Å². The van der Waals surface area contributed by atoms with Crippen molar-refractivity contribution in [1.82, 2.24) is 9.88 Å². The molecule has 8 heteroatoms. The van der Waals surface area contributed by atoms with Crippen LogP contribution in [0.5, 0.6) is 0 Å².